The van der Waals surface area contributed by atoms with E-state index in [1.807, 2.05) is 17.8 Å². The smallest absolute Gasteiger partial charge is 0.122 e. The third-order valence-electron chi connectivity index (χ3n) is 2.10. The molecule has 4 nitrogen and oxygen atoms in total. The van der Waals surface area contributed by atoms with Gasteiger partial charge in [0.1, 0.15) is 6.10 Å². The number of aliphatic hydroxyl groups excluding tert-OH is 1. The highest BCUT2D eigenvalue weighted by Crippen LogP contribution is 2.25. The fourth-order valence-corrected chi connectivity index (χ4v) is 1.37. The van der Waals surface area contributed by atoms with Gasteiger partial charge in [0, 0.05) is 25.2 Å². The largest absolute Gasteiger partial charge is 0.501 e. The van der Waals surface area contributed by atoms with Crippen LogP contribution in [0.15, 0.2) is 24.4 Å². The Balaban J connectivity index is 2.16. The van der Waals surface area contributed by atoms with Crippen LogP contribution < -0.4 is 0 Å². The lowest BCUT2D eigenvalue weighted by Gasteiger charge is -2.05. The molecule has 0 fully saturated rings. The van der Waals surface area contributed by atoms with Crippen molar-refractivity contribution in [1.82, 2.24) is 9.55 Å². The number of imidazole rings is 1. The molecule has 2 rings (SSSR count). The van der Waals surface area contributed by atoms with Crippen LogP contribution in [0.1, 0.15) is 18.2 Å². The summed E-state index contributed by atoms with van der Waals surface area (Å²) in [5, 5.41) is 9.81. The highest BCUT2D eigenvalue weighted by molar-refractivity contribution is 5.18. The number of aromatic nitrogens is 2. The highest BCUT2D eigenvalue weighted by Gasteiger charge is 2.18. The fraction of sp³-hybridized carbons (Fsp3) is 0.444. The number of ether oxygens (including phenoxy) is 1. The Hall–Kier alpha value is -1.29. The van der Waals surface area contributed by atoms with E-state index in [0.717, 1.165) is 12.0 Å². The number of aliphatic hydroxyl groups is 1. The number of nitrogens with zero attached hydrogens (tertiary/aromatic N) is 2. The predicted octanol–water partition coefficient (Wildman–Crippen LogP) is 0.758. The zero-order chi connectivity index (χ0) is 9.26. The van der Waals surface area contributed by atoms with Gasteiger partial charge in [-0.2, -0.15) is 0 Å². The van der Waals surface area contributed by atoms with Gasteiger partial charge in [-0.1, -0.05) is 0 Å². The van der Waals surface area contributed by atoms with Crippen molar-refractivity contribution in [3.8, 4) is 0 Å². The minimum absolute atomic E-state index is 0.608. The lowest BCUT2D eigenvalue weighted by Crippen LogP contribution is -2.00. The lowest BCUT2D eigenvalue weighted by molar-refractivity contribution is 0.208. The Morgan fingerprint density at radius 2 is 2.54 bits per heavy atom. The Bertz CT molecular complexity index is 330. The molecule has 1 unspecified atom stereocenters. The first kappa shape index (κ1) is 8.31. The van der Waals surface area contributed by atoms with Crippen LogP contribution in [0.25, 0.3) is 0 Å². The van der Waals surface area contributed by atoms with Gasteiger partial charge < -0.3 is 14.4 Å². The van der Waals surface area contributed by atoms with Gasteiger partial charge in [0.15, 0.2) is 0 Å². The van der Waals surface area contributed by atoms with Crippen LogP contribution in [-0.2, 0) is 11.8 Å². The topological polar surface area (TPSA) is 47.3 Å². The van der Waals surface area contributed by atoms with Crippen molar-refractivity contribution >= 4 is 0 Å². The van der Waals surface area contributed by atoms with E-state index in [1.165, 1.54) is 0 Å². The first-order chi connectivity index (χ1) is 6.27. The molecular weight excluding hydrogens is 168 g/mol. The SMILES string of the molecule is Cn1cnc(C(O)C2=COCC2)c1. The molecule has 0 aromatic carbocycles. The van der Waals surface area contributed by atoms with Gasteiger partial charge in [0.25, 0.3) is 0 Å². The van der Waals surface area contributed by atoms with E-state index in [4.69, 9.17) is 4.74 Å². The molecular formula is C9H12N2O2. The third-order valence-corrected chi connectivity index (χ3v) is 2.10. The number of rotatable bonds is 2. The van der Waals surface area contributed by atoms with Crippen LogP contribution in [0.4, 0.5) is 0 Å². The maximum Gasteiger partial charge on any atom is 0.122 e. The van der Waals surface area contributed by atoms with Gasteiger partial charge >= 0.3 is 0 Å². The van der Waals surface area contributed by atoms with E-state index in [-0.39, 0.29) is 0 Å². The van der Waals surface area contributed by atoms with Gasteiger partial charge in [-0.25, -0.2) is 4.98 Å². The van der Waals surface area contributed by atoms with Crippen molar-refractivity contribution in [2.75, 3.05) is 6.61 Å². The van der Waals surface area contributed by atoms with E-state index in [1.54, 1.807) is 12.6 Å². The van der Waals surface area contributed by atoms with Gasteiger partial charge in [0.2, 0.25) is 0 Å². The molecule has 1 aliphatic rings. The van der Waals surface area contributed by atoms with Gasteiger partial charge in [-0.3, -0.25) is 0 Å². The molecule has 1 aromatic heterocycles. The van der Waals surface area contributed by atoms with Crippen molar-refractivity contribution in [2.45, 2.75) is 12.5 Å². The second kappa shape index (κ2) is 3.22. The zero-order valence-corrected chi connectivity index (χ0v) is 7.47. The van der Waals surface area contributed by atoms with Crippen molar-refractivity contribution < 1.29 is 9.84 Å². The molecule has 0 saturated heterocycles. The standard InChI is InChI=1S/C9H12N2O2/c1-11-4-8(10-6-11)9(12)7-2-3-13-5-7/h4-6,9,12H,2-3H2,1H3. The van der Waals surface area contributed by atoms with E-state index in [2.05, 4.69) is 4.98 Å². The quantitative estimate of drug-likeness (QED) is 0.730. The molecule has 1 aliphatic heterocycles. The third kappa shape index (κ3) is 1.58. The number of aryl methyl sites for hydroxylation is 1. The van der Waals surface area contributed by atoms with E-state index in [9.17, 15) is 5.11 Å². The second-order valence-corrected chi connectivity index (χ2v) is 3.18. The maximum atomic E-state index is 9.81. The summed E-state index contributed by atoms with van der Waals surface area (Å²) in [6, 6.07) is 0. The summed E-state index contributed by atoms with van der Waals surface area (Å²) in [7, 11) is 1.88. The van der Waals surface area contributed by atoms with E-state index in [0.29, 0.717) is 12.3 Å². The zero-order valence-electron chi connectivity index (χ0n) is 7.47. The summed E-state index contributed by atoms with van der Waals surface area (Å²) in [4.78, 5) is 4.08. The summed E-state index contributed by atoms with van der Waals surface area (Å²) >= 11 is 0. The molecule has 0 amide bonds. The average molecular weight is 180 g/mol. The number of hydrogen-bond donors (Lipinski definition) is 1. The molecule has 1 N–H and O–H groups in total. The minimum atomic E-state index is -0.608. The van der Waals surface area contributed by atoms with Crippen LogP contribution in [0.5, 0.6) is 0 Å². The molecule has 0 aliphatic carbocycles. The van der Waals surface area contributed by atoms with Crippen molar-refractivity contribution in [2.24, 2.45) is 7.05 Å². The second-order valence-electron chi connectivity index (χ2n) is 3.18. The molecule has 0 saturated carbocycles. The fourth-order valence-electron chi connectivity index (χ4n) is 1.37. The van der Waals surface area contributed by atoms with Crippen molar-refractivity contribution in [1.29, 1.82) is 0 Å². The van der Waals surface area contributed by atoms with Crippen molar-refractivity contribution in [3.63, 3.8) is 0 Å². The number of hydrogen-bond acceptors (Lipinski definition) is 3. The molecule has 1 aromatic rings. The molecule has 2 heterocycles. The van der Waals surface area contributed by atoms with Crippen molar-refractivity contribution in [3.05, 3.63) is 30.1 Å². The summed E-state index contributed by atoms with van der Waals surface area (Å²) in [5.74, 6) is 0. The van der Waals surface area contributed by atoms with Gasteiger partial charge in [-0.15, -0.1) is 0 Å². The molecule has 0 spiro atoms. The Morgan fingerprint density at radius 3 is 3.08 bits per heavy atom. The van der Waals surface area contributed by atoms with Crippen LogP contribution in [-0.4, -0.2) is 21.3 Å². The monoisotopic (exact) mass is 180 g/mol. The van der Waals surface area contributed by atoms with Crippen LogP contribution in [0.2, 0.25) is 0 Å². The van der Waals surface area contributed by atoms with Crippen LogP contribution >= 0.6 is 0 Å². The normalized spacial score (nSPS) is 18.2. The predicted molar refractivity (Wildman–Crippen MR) is 46.8 cm³/mol. The maximum absolute atomic E-state index is 9.81. The summed E-state index contributed by atoms with van der Waals surface area (Å²) < 4.78 is 6.86. The Kier molecular flexibility index (Phi) is 2.06. The summed E-state index contributed by atoms with van der Waals surface area (Å²) in [6.45, 7) is 0.666. The molecule has 0 radical (unpaired) electrons. The van der Waals surface area contributed by atoms with Gasteiger partial charge in [0.05, 0.1) is 24.9 Å². The minimum Gasteiger partial charge on any atom is -0.501 e. The summed E-state index contributed by atoms with van der Waals surface area (Å²) in [5.41, 5.74) is 1.58. The first-order valence-electron chi connectivity index (χ1n) is 4.24. The molecule has 0 bridgehead atoms. The molecule has 1 atom stereocenters. The van der Waals surface area contributed by atoms with Crippen LogP contribution in [0.3, 0.4) is 0 Å². The molecule has 70 valence electrons. The molecule has 13 heavy (non-hydrogen) atoms. The van der Waals surface area contributed by atoms with E-state index >= 15 is 0 Å². The highest BCUT2D eigenvalue weighted by atomic mass is 16.5. The van der Waals surface area contributed by atoms with Crippen LogP contribution in [0, 0.1) is 0 Å². The summed E-state index contributed by atoms with van der Waals surface area (Å²) in [6.07, 6.45) is 5.29. The lowest BCUT2D eigenvalue weighted by atomic mass is 10.1. The Labute approximate surface area is 76.5 Å². The average Bonchev–Trinajstić information content (AvgIpc) is 2.72. The van der Waals surface area contributed by atoms with Gasteiger partial charge in [-0.05, 0) is 0 Å². The first-order valence-corrected chi connectivity index (χ1v) is 4.24. The molecule has 4 heteroatoms. The Morgan fingerprint density at radius 1 is 1.69 bits per heavy atom. The van der Waals surface area contributed by atoms with E-state index < -0.39 is 6.10 Å².